The smallest absolute Gasteiger partial charge is 0.227 e. The van der Waals surface area contributed by atoms with Gasteiger partial charge in [-0.1, -0.05) is 18.5 Å². The van der Waals surface area contributed by atoms with Crippen molar-refractivity contribution in [3.05, 3.63) is 35.6 Å². The SMILES string of the molecule is CCC1CN(c2ncc(Cl)c(Nc3ccc4[nH]ncc4c3)n2)CCCN1. The van der Waals surface area contributed by atoms with Crippen LogP contribution in [0.5, 0.6) is 0 Å². The van der Waals surface area contributed by atoms with Crippen molar-refractivity contribution in [1.29, 1.82) is 0 Å². The van der Waals surface area contributed by atoms with Crippen LogP contribution in [0.25, 0.3) is 10.9 Å². The molecule has 1 aromatic carbocycles. The van der Waals surface area contributed by atoms with Gasteiger partial charge in [0.15, 0.2) is 5.82 Å². The first-order valence-corrected chi connectivity index (χ1v) is 9.32. The number of H-pyrrole nitrogens is 1. The van der Waals surface area contributed by atoms with Crippen LogP contribution in [0.15, 0.2) is 30.6 Å². The maximum Gasteiger partial charge on any atom is 0.227 e. The maximum absolute atomic E-state index is 6.33. The average Bonchev–Trinajstić information content (AvgIpc) is 2.98. The van der Waals surface area contributed by atoms with Gasteiger partial charge in [0.05, 0.1) is 17.9 Å². The molecule has 0 radical (unpaired) electrons. The van der Waals surface area contributed by atoms with E-state index in [4.69, 9.17) is 11.6 Å². The van der Waals surface area contributed by atoms with Crippen molar-refractivity contribution in [3.8, 4) is 0 Å². The zero-order valence-electron chi connectivity index (χ0n) is 14.7. The summed E-state index contributed by atoms with van der Waals surface area (Å²) in [6.45, 7) is 5.06. The van der Waals surface area contributed by atoms with Crippen LogP contribution in [-0.4, -0.2) is 45.8 Å². The van der Waals surface area contributed by atoms with Crippen molar-refractivity contribution in [2.75, 3.05) is 29.9 Å². The number of aromatic nitrogens is 4. The molecule has 1 saturated heterocycles. The van der Waals surface area contributed by atoms with E-state index in [1.807, 2.05) is 18.2 Å². The summed E-state index contributed by atoms with van der Waals surface area (Å²) in [6, 6.07) is 6.42. The highest BCUT2D eigenvalue weighted by molar-refractivity contribution is 6.32. The molecule has 136 valence electrons. The molecule has 1 atom stereocenters. The first-order chi connectivity index (χ1) is 12.7. The van der Waals surface area contributed by atoms with Gasteiger partial charge in [-0.05, 0) is 37.6 Å². The Morgan fingerprint density at radius 2 is 2.27 bits per heavy atom. The zero-order chi connectivity index (χ0) is 17.9. The standard InChI is InChI=1S/C18H22ClN7/c1-2-13-11-26(7-3-6-20-13)18-21-10-15(19)17(24-18)23-14-4-5-16-12(8-14)9-22-25-16/h4-5,8-10,13,20H,2-3,6-7,11H2,1H3,(H,22,25)(H,21,23,24). The number of benzene rings is 1. The molecule has 7 nitrogen and oxygen atoms in total. The van der Waals surface area contributed by atoms with Crippen molar-refractivity contribution in [1.82, 2.24) is 25.5 Å². The van der Waals surface area contributed by atoms with E-state index in [1.54, 1.807) is 12.4 Å². The van der Waals surface area contributed by atoms with Gasteiger partial charge in [0.25, 0.3) is 0 Å². The van der Waals surface area contributed by atoms with Gasteiger partial charge in [0.2, 0.25) is 5.95 Å². The molecule has 26 heavy (non-hydrogen) atoms. The predicted octanol–water partition coefficient (Wildman–Crippen LogP) is 3.33. The number of hydrogen-bond donors (Lipinski definition) is 3. The number of halogens is 1. The van der Waals surface area contributed by atoms with E-state index >= 15 is 0 Å². The van der Waals surface area contributed by atoms with Gasteiger partial charge in [-0.3, -0.25) is 5.10 Å². The Labute approximate surface area is 157 Å². The second-order valence-electron chi connectivity index (χ2n) is 6.52. The number of nitrogens with one attached hydrogen (secondary N) is 3. The van der Waals surface area contributed by atoms with Crippen LogP contribution >= 0.6 is 11.6 Å². The average molecular weight is 372 g/mol. The zero-order valence-corrected chi connectivity index (χ0v) is 15.4. The van der Waals surface area contributed by atoms with Crippen molar-refractivity contribution < 1.29 is 0 Å². The van der Waals surface area contributed by atoms with Gasteiger partial charge in [0, 0.05) is 30.2 Å². The van der Waals surface area contributed by atoms with Gasteiger partial charge in [0.1, 0.15) is 5.02 Å². The summed E-state index contributed by atoms with van der Waals surface area (Å²) >= 11 is 6.33. The molecular formula is C18H22ClN7. The van der Waals surface area contributed by atoms with Crippen LogP contribution in [0.1, 0.15) is 19.8 Å². The van der Waals surface area contributed by atoms with Gasteiger partial charge < -0.3 is 15.5 Å². The summed E-state index contributed by atoms with van der Waals surface area (Å²) in [5, 5.41) is 15.4. The lowest BCUT2D eigenvalue weighted by atomic mass is 10.2. The summed E-state index contributed by atoms with van der Waals surface area (Å²) < 4.78 is 0. The lowest BCUT2D eigenvalue weighted by Crippen LogP contribution is -2.37. The van der Waals surface area contributed by atoms with Gasteiger partial charge in [-0.25, -0.2) is 4.98 Å². The van der Waals surface area contributed by atoms with Gasteiger partial charge >= 0.3 is 0 Å². The van der Waals surface area contributed by atoms with Gasteiger partial charge in [-0.15, -0.1) is 0 Å². The number of rotatable bonds is 4. The molecule has 0 bridgehead atoms. The number of nitrogens with zero attached hydrogens (tertiary/aromatic N) is 4. The van der Waals surface area contributed by atoms with Crippen molar-refractivity contribution in [3.63, 3.8) is 0 Å². The third-order valence-electron chi connectivity index (χ3n) is 4.69. The van der Waals surface area contributed by atoms with E-state index in [2.05, 4.69) is 42.6 Å². The Balaban J connectivity index is 1.59. The highest BCUT2D eigenvalue weighted by Gasteiger charge is 2.19. The fraction of sp³-hybridized carbons (Fsp3) is 0.389. The lowest BCUT2D eigenvalue weighted by Gasteiger charge is -2.24. The first-order valence-electron chi connectivity index (χ1n) is 8.94. The van der Waals surface area contributed by atoms with Crippen LogP contribution in [0, 0.1) is 0 Å². The molecular weight excluding hydrogens is 350 g/mol. The molecule has 4 rings (SSSR count). The van der Waals surface area contributed by atoms with E-state index < -0.39 is 0 Å². The molecule has 3 N–H and O–H groups in total. The van der Waals surface area contributed by atoms with Crippen molar-refractivity contribution in [2.24, 2.45) is 0 Å². The van der Waals surface area contributed by atoms with Crippen molar-refractivity contribution >= 4 is 40.0 Å². The molecule has 3 aromatic rings. The van der Waals surface area contributed by atoms with E-state index in [9.17, 15) is 0 Å². The molecule has 2 aromatic heterocycles. The van der Waals surface area contributed by atoms with E-state index in [0.717, 1.165) is 49.1 Å². The second-order valence-corrected chi connectivity index (χ2v) is 6.93. The Morgan fingerprint density at radius 1 is 1.35 bits per heavy atom. The summed E-state index contributed by atoms with van der Waals surface area (Å²) in [4.78, 5) is 11.4. The summed E-state index contributed by atoms with van der Waals surface area (Å²) in [7, 11) is 0. The minimum absolute atomic E-state index is 0.455. The molecule has 1 aliphatic rings. The molecule has 0 aliphatic carbocycles. The normalized spacial score (nSPS) is 18.1. The number of anilines is 3. The first kappa shape index (κ1) is 17.1. The fourth-order valence-electron chi connectivity index (χ4n) is 3.21. The topological polar surface area (TPSA) is 81.8 Å². The van der Waals surface area contributed by atoms with Crippen LogP contribution in [0.2, 0.25) is 5.02 Å². The number of hydrogen-bond acceptors (Lipinski definition) is 6. The summed E-state index contributed by atoms with van der Waals surface area (Å²) in [5.41, 5.74) is 1.90. The summed E-state index contributed by atoms with van der Waals surface area (Å²) in [5.74, 6) is 1.33. The number of fused-ring (bicyclic) bond motifs is 1. The Bertz CT molecular complexity index is 894. The molecule has 8 heteroatoms. The fourth-order valence-corrected chi connectivity index (χ4v) is 3.35. The van der Waals surface area contributed by atoms with E-state index in [0.29, 0.717) is 22.8 Å². The van der Waals surface area contributed by atoms with Gasteiger partial charge in [-0.2, -0.15) is 10.1 Å². The lowest BCUT2D eigenvalue weighted by molar-refractivity contribution is 0.527. The molecule has 0 amide bonds. The van der Waals surface area contributed by atoms with Crippen molar-refractivity contribution in [2.45, 2.75) is 25.8 Å². The molecule has 1 unspecified atom stereocenters. The number of aromatic amines is 1. The molecule has 0 saturated carbocycles. The van der Waals surface area contributed by atoms with Crippen LogP contribution in [0.3, 0.4) is 0 Å². The largest absolute Gasteiger partial charge is 0.339 e. The van der Waals surface area contributed by atoms with E-state index in [-0.39, 0.29) is 0 Å². The Hall–Kier alpha value is -2.38. The Kier molecular flexibility index (Phi) is 4.90. The Morgan fingerprint density at radius 3 is 3.15 bits per heavy atom. The molecule has 0 spiro atoms. The quantitative estimate of drug-likeness (QED) is 0.652. The summed E-state index contributed by atoms with van der Waals surface area (Å²) in [6.07, 6.45) is 5.62. The highest BCUT2D eigenvalue weighted by Crippen LogP contribution is 2.26. The maximum atomic E-state index is 6.33. The third-order valence-corrected chi connectivity index (χ3v) is 4.97. The monoisotopic (exact) mass is 371 g/mol. The van der Waals surface area contributed by atoms with Crippen LogP contribution in [0.4, 0.5) is 17.5 Å². The molecule has 3 heterocycles. The highest BCUT2D eigenvalue weighted by atomic mass is 35.5. The predicted molar refractivity (Wildman–Crippen MR) is 105 cm³/mol. The van der Waals surface area contributed by atoms with Crippen LogP contribution in [-0.2, 0) is 0 Å². The van der Waals surface area contributed by atoms with Crippen LogP contribution < -0.4 is 15.5 Å². The molecule has 1 fully saturated rings. The minimum atomic E-state index is 0.455. The minimum Gasteiger partial charge on any atom is -0.339 e. The third kappa shape index (κ3) is 3.59. The molecule has 1 aliphatic heterocycles. The van der Waals surface area contributed by atoms with E-state index in [1.165, 1.54) is 0 Å². The second kappa shape index (κ2) is 7.47.